The quantitative estimate of drug-likeness (QED) is 0.798. The third-order valence-corrected chi connectivity index (χ3v) is 4.85. The van der Waals surface area contributed by atoms with E-state index in [2.05, 4.69) is 9.97 Å². The molecule has 7 heteroatoms. The van der Waals surface area contributed by atoms with Gasteiger partial charge in [-0.2, -0.15) is 4.31 Å². The minimum absolute atomic E-state index is 0.0514. The number of aromatic nitrogens is 2. The maximum Gasteiger partial charge on any atom is 0.262 e. The molecule has 0 bridgehead atoms. The minimum atomic E-state index is -3.51. The number of sulfonamides is 1. The van der Waals surface area contributed by atoms with Crippen molar-refractivity contribution in [3.63, 3.8) is 0 Å². The molecule has 2 heterocycles. The van der Waals surface area contributed by atoms with Gasteiger partial charge in [0.05, 0.1) is 5.69 Å². The number of hydrogen-bond donors (Lipinski definition) is 1. The van der Waals surface area contributed by atoms with Crippen molar-refractivity contribution in [1.29, 1.82) is 0 Å². The summed E-state index contributed by atoms with van der Waals surface area (Å²) in [6, 6.07) is 0.101. The van der Waals surface area contributed by atoms with E-state index in [1.54, 1.807) is 6.92 Å². The van der Waals surface area contributed by atoms with E-state index in [0.29, 0.717) is 31.6 Å². The Balaban J connectivity index is 2.28. The molecule has 0 saturated carbocycles. The predicted octanol–water partition coefficient (Wildman–Crippen LogP) is -0.103. The van der Waals surface area contributed by atoms with E-state index >= 15 is 0 Å². The number of rotatable bonds is 2. The highest BCUT2D eigenvalue weighted by Gasteiger charge is 2.30. The minimum Gasteiger partial charge on any atom is -0.328 e. The summed E-state index contributed by atoms with van der Waals surface area (Å²) < 4.78 is 26.0. The summed E-state index contributed by atoms with van der Waals surface area (Å²) in [6.45, 7) is 2.56. The average Bonchev–Trinajstić information content (AvgIpc) is 2.30. The van der Waals surface area contributed by atoms with E-state index in [0.717, 1.165) is 0 Å². The molecule has 94 valence electrons. The zero-order valence-corrected chi connectivity index (χ0v) is 10.5. The molecule has 0 atom stereocenters. The van der Waals surface area contributed by atoms with Crippen molar-refractivity contribution >= 4 is 10.0 Å². The third kappa shape index (κ3) is 2.46. The number of aryl methyl sites for hydroxylation is 1. The molecule has 1 aromatic heterocycles. The van der Waals surface area contributed by atoms with Gasteiger partial charge >= 0.3 is 0 Å². The van der Waals surface area contributed by atoms with E-state index in [-0.39, 0.29) is 11.1 Å². The number of nitrogens with zero attached hydrogens (tertiary/aromatic N) is 3. The van der Waals surface area contributed by atoms with Gasteiger partial charge < -0.3 is 5.73 Å². The normalized spacial score (nSPS) is 19.4. The summed E-state index contributed by atoms with van der Waals surface area (Å²) in [6.07, 6.45) is 4.27. The second-order valence-corrected chi connectivity index (χ2v) is 6.04. The first kappa shape index (κ1) is 12.4. The van der Waals surface area contributed by atoms with Crippen molar-refractivity contribution in [3.8, 4) is 0 Å². The van der Waals surface area contributed by atoms with Gasteiger partial charge in [0.2, 0.25) is 0 Å². The van der Waals surface area contributed by atoms with Crippen LogP contribution >= 0.6 is 0 Å². The van der Waals surface area contributed by atoms with Gasteiger partial charge in [0.1, 0.15) is 0 Å². The largest absolute Gasteiger partial charge is 0.328 e. The van der Waals surface area contributed by atoms with Gasteiger partial charge in [0, 0.05) is 31.5 Å². The monoisotopic (exact) mass is 256 g/mol. The highest BCUT2D eigenvalue weighted by Crippen LogP contribution is 2.19. The fraction of sp³-hybridized carbons (Fsp3) is 0.600. The first-order valence-electron chi connectivity index (χ1n) is 5.55. The molecule has 1 aromatic rings. The zero-order valence-electron chi connectivity index (χ0n) is 9.70. The van der Waals surface area contributed by atoms with Crippen molar-refractivity contribution in [2.75, 3.05) is 13.1 Å². The highest BCUT2D eigenvalue weighted by atomic mass is 32.2. The molecular formula is C10H16N4O2S. The average molecular weight is 256 g/mol. The van der Waals surface area contributed by atoms with Crippen LogP contribution in [0.5, 0.6) is 0 Å². The molecule has 1 aliphatic heterocycles. The van der Waals surface area contributed by atoms with Gasteiger partial charge in [0.25, 0.3) is 10.0 Å². The van der Waals surface area contributed by atoms with Gasteiger partial charge in [-0.1, -0.05) is 0 Å². The molecule has 0 unspecified atom stereocenters. The molecule has 0 spiro atoms. The second-order valence-electron chi connectivity index (χ2n) is 4.19. The van der Waals surface area contributed by atoms with Crippen molar-refractivity contribution < 1.29 is 8.42 Å². The van der Waals surface area contributed by atoms with E-state index in [1.807, 2.05) is 0 Å². The van der Waals surface area contributed by atoms with Gasteiger partial charge in [-0.25, -0.2) is 13.4 Å². The molecule has 0 aliphatic carbocycles. The smallest absolute Gasteiger partial charge is 0.262 e. The summed E-state index contributed by atoms with van der Waals surface area (Å²) in [5.74, 6) is 0. The molecule has 1 aliphatic rings. The molecule has 1 saturated heterocycles. The zero-order chi connectivity index (χ0) is 12.5. The lowest BCUT2D eigenvalue weighted by Crippen LogP contribution is -2.43. The lowest BCUT2D eigenvalue weighted by Gasteiger charge is -2.29. The van der Waals surface area contributed by atoms with Gasteiger partial charge in [-0.3, -0.25) is 4.98 Å². The Morgan fingerprint density at radius 3 is 2.47 bits per heavy atom. The van der Waals surface area contributed by atoms with E-state index in [4.69, 9.17) is 5.73 Å². The van der Waals surface area contributed by atoms with Crippen molar-refractivity contribution in [2.24, 2.45) is 5.73 Å². The third-order valence-electron chi connectivity index (χ3n) is 2.92. The van der Waals surface area contributed by atoms with E-state index < -0.39 is 10.0 Å². The van der Waals surface area contributed by atoms with Crippen LogP contribution in [0.2, 0.25) is 0 Å². The fourth-order valence-corrected chi connectivity index (χ4v) is 3.44. The van der Waals surface area contributed by atoms with Gasteiger partial charge in [-0.15, -0.1) is 0 Å². The van der Waals surface area contributed by atoms with Crippen LogP contribution in [-0.2, 0) is 10.0 Å². The molecule has 0 amide bonds. The van der Waals surface area contributed by atoms with Crippen LogP contribution < -0.4 is 5.73 Å². The predicted molar refractivity (Wildman–Crippen MR) is 62.7 cm³/mol. The van der Waals surface area contributed by atoms with Crippen LogP contribution in [0.15, 0.2) is 17.4 Å². The topological polar surface area (TPSA) is 89.2 Å². The molecule has 0 aromatic carbocycles. The fourth-order valence-electron chi connectivity index (χ4n) is 1.89. The van der Waals surface area contributed by atoms with Crippen LogP contribution in [0.1, 0.15) is 18.5 Å². The molecule has 2 rings (SSSR count). The Hall–Kier alpha value is -1.05. The summed E-state index contributed by atoms with van der Waals surface area (Å²) in [4.78, 5) is 7.88. The van der Waals surface area contributed by atoms with Crippen LogP contribution in [0.4, 0.5) is 0 Å². The molecule has 2 N–H and O–H groups in total. The maximum absolute atomic E-state index is 12.3. The standard InChI is InChI=1S/C10H16N4O2S/c1-8-10(13-5-4-12-8)17(15,16)14-6-2-9(11)3-7-14/h4-5,9H,2-3,6-7,11H2,1H3. The Morgan fingerprint density at radius 2 is 1.88 bits per heavy atom. The van der Waals surface area contributed by atoms with Gasteiger partial charge in [-0.05, 0) is 19.8 Å². The van der Waals surface area contributed by atoms with Crippen LogP contribution in [0.3, 0.4) is 0 Å². The SMILES string of the molecule is Cc1nccnc1S(=O)(=O)N1CCC(N)CC1. The van der Waals surface area contributed by atoms with E-state index in [1.165, 1.54) is 16.7 Å². The van der Waals surface area contributed by atoms with Crippen LogP contribution in [0.25, 0.3) is 0 Å². The Kier molecular flexibility index (Phi) is 3.41. The number of hydrogen-bond acceptors (Lipinski definition) is 5. The van der Waals surface area contributed by atoms with Crippen molar-refractivity contribution in [3.05, 3.63) is 18.1 Å². The summed E-state index contributed by atoms with van der Waals surface area (Å²) >= 11 is 0. The lowest BCUT2D eigenvalue weighted by molar-refractivity contribution is 0.319. The van der Waals surface area contributed by atoms with E-state index in [9.17, 15) is 8.42 Å². The second kappa shape index (κ2) is 4.67. The first-order valence-corrected chi connectivity index (χ1v) is 6.99. The van der Waals surface area contributed by atoms with Crippen LogP contribution in [-0.4, -0.2) is 41.8 Å². The van der Waals surface area contributed by atoms with Crippen LogP contribution in [0, 0.1) is 6.92 Å². The number of nitrogens with two attached hydrogens (primary N) is 1. The highest BCUT2D eigenvalue weighted by molar-refractivity contribution is 7.89. The number of piperidine rings is 1. The molecule has 1 fully saturated rings. The van der Waals surface area contributed by atoms with Gasteiger partial charge in [0.15, 0.2) is 5.03 Å². The summed E-state index contributed by atoms with van der Waals surface area (Å²) in [5, 5.41) is 0.0514. The lowest BCUT2D eigenvalue weighted by atomic mass is 10.1. The first-order chi connectivity index (χ1) is 8.01. The molecule has 17 heavy (non-hydrogen) atoms. The molecule has 0 radical (unpaired) electrons. The Morgan fingerprint density at radius 1 is 1.29 bits per heavy atom. The maximum atomic E-state index is 12.3. The summed E-state index contributed by atoms with van der Waals surface area (Å²) in [5.41, 5.74) is 6.19. The Labute approximate surface area is 101 Å². The molecular weight excluding hydrogens is 240 g/mol. The summed E-state index contributed by atoms with van der Waals surface area (Å²) in [7, 11) is -3.51. The Bertz CT molecular complexity index is 495. The van der Waals surface area contributed by atoms with Crippen molar-refractivity contribution in [1.82, 2.24) is 14.3 Å². The van der Waals surface area contributed by atoms with Crippen molar-refractivity contribution in [2.45, 2.75) is 30.8 Å². The molecule has 6 nitrogen and oxygen atoms in total.